The Kier molecular flexibility index (Phi) is 7.42. The Balaban J connectivity index is 0.00000141. The molecule has 0 saturated heterocycles. The van der Waals surface area contributed by atoms with Gasteiger partial charge in [0.05, 0.1) is 17.0 Å². The maximum absolute atomic E-state index is 12.7. The summed E-state index contributed by atoms with van der Waals surface area (Å²) in [6, 6.07) is 19.9. The van der Waals surface area contributed by atoms with Gasteiger partial charge < -0.3 is 15.8 Å². The fourth-order valence-corrected chi connectivity index (χ4v) is 2.97. The lowest BCUT2D eigenvalue weighted by molar-refractivity contribution is -0.117. The summed E-state index contributed by atoms with van der Waals surface area (Å²) in [4.78, 5) is 25.4. The number of hydrogen-bond donors (Lipinski definition) is 3. The number of anilines is 1. The van der Waals surface area contributed by atoms with Crippen molar-refractivity contribution in [1.29, 1.82) is 5.41 Å². The van der Waals surface area contributed by atoms with E-state index in [1.807, 2.05) is 62.4 Å². The number of benzene rings is 2. The summed E-state index contributed by atoms with van der Waals surface area (Å²) in [6.07, 6.45) is 1.88. The highest BCUT2D eigenvalue weighted by molar-refractivity contribution is 6.19. The molecule has 8 nitrogen and oxygen atoms in total. The van der Waals surface area contributed by atoms with Crippen LogP contribution >= 0.6 is 0 Å². The summed E-state index contributed by atoms with van der Waals surface area (Å²) < 4.78 is 5.27. The van der Waals surface area contributed by atoms with E-state index in [-0.39, 0.29) is 11.9 Å². The number of pyridine rings is 1. The van der Waals surface area contributed by atoms with Crippen LogP contribution in [0.1, 0.15) is 30.5 Å². The molecule has 3 aromatic rings. The van der Waals surface area contributed by atoms with Gasteiger partial charge in [-0.25, -0.2) is 4.99 Å². The van der Waals surface area contributed by atoms with Crippen molar-refractivity contribution in [2.75, 3.05) is 5.32 Å². The number of nitrogens with two attached hydrogens (primary N) is 1. The molecule has 0 aliphatic carbocycles. The number of fused-ring (bicyclic) bond motifs is 1. The van der Waals surface area contributed by atoms with Gasteiger partial charge in [0, 0.05) is 23.5 Å². The number of amidine groups is 1. The number of para-hydroxylation sites is 1. The molecule has 1 aliphatic rings. The van der Waals surface area contributed by atoms with Crippen molar-refractivity contribution in [1.82, 2.24) is 4.98 Å². The molecule has 4 N–H and O–H groups in total. The van der Waals surface area contributed by atoms with Crippen LogP contribution < -0.4 is 11.1 Å². The average Bonchev–Trinajstić information content (AvgIpc) is 2.97. The van der Waals surface area contributed by atoms with Crippen molar-refractivity contribution in [2.24, 2.45) is 15.7 Å². The summed E-state index contributed by atoms with van der Waals surface area (Å²) in [6.45, 7) is 4.00. The van der Waals surface area contributed by atoms with E-state index in [1.165, 1.54) is 6.20 Å². The van der Waals surface area contributed by atoms with Gasteiger partial charge in [0.15, 0.2) is 0 Å². The van der Waals surface area contributed by atoms with Crippen LogP contribution in [0.4, 0.5) is 5.69 Å². The van der Waals surface area contributed by atoms with Crippen LogP contribution in [0, 0.1) is 5.41 Å². The Labute approximate surface area is 186 Å². The third kappa shape index (κ3) is 5.23. The number of ether oxygens (including phenoxy) is 1. The molecule has 0 saturated carbocycles. The first-order valence-corrected chi connectivity index (χ1v) is 10.2. The fraction of sp³-hybridized carbons (Fsp3) is 0.125. The monoisotopic (exact) mass is 428 g/mol. The smallest absolute Gasteiger partial charge is 0.291 e. The minimum absolute atomic E-state index is 0.228. The van der Waals surface area contributed by atoms with Gasteiger partial charge in [-0.3, -0.25) is 15.2 Å². The number of aromatic nitrogens is 1. The molecule has 1 aromatic heterocycles. The number of hydrogen-bond acceptors (Lipinski definition) is 6. The van der Waals surface area contributed by atoms with Crippen LogP contribution in [-0.2, 0) is 9.53 Å². The van der Waals surface area contributed by atoms with Gasteiger partial charge in [-0.1, -0.05) is 62.4 Å². The molecule has 8 heteroatoms. The predicted octanol–water partition coefficient (Wildman–Crippen LogP) is 3.58. The molecular formula is C24H24N6O2. The van der Waals surface area contributed by atoms with E-state index in [0.717, 1.165) is 11.1 Å². The molecule has 1 amide bonds. The SMILES string of the molecule is CC.N=C(O/C(N)=N/C1N=C(c2ccccc2)c2ccccc2NC1=O)c1cccnc1. The van der Waals surface area contributed by atoms with Crippen molar-refractivity contribution in [3.63, 3.8) is 0 Å². The highest BCUT2D eigenvalue weighted by atomic mass is 16.5. The zero-order chi connectivity index (χ0) is 22.9. The van der Waals surface area contributed by atoms with E-state index < -0.39 is 12.1 Å². The summed E-state index contributed by atoms with van der Waals surface area (Å²) in [5.41, 5.74) is 9.14. The summed E-state index contributed by atoms with van der Waals surface area (Å²) >= 11 is 0. The third-order valence-corrected chi connectivity index (χ3v) is 4.35. The third-order valence-electron chi connectivity index (χ3n) is 4.35. The molecule has 1 aliphatic heterocycles. The zero-order valence-electron chi connectivity index (χ0n) is 17.8. The summed E-state index contributed by atoms with van der Waals surface area (Å²) in [5, 5.41) is 10.8. The first-order chi connectivity index (χ1) is 15.6. The minimum atomic E-state index is -1.17. The first-order valence-electron chi connectivity index (χ1n) is 10.2. The molecule has 0 spiro atoms. The highest BCUT2D eigenvalue weighted by Gasteiger charge is 2.26. The molecule has 0 fully saturated rings. The molecule has 1 atom stereocenters. The number of nitrogens with one attached hydrogen (secondary N) is 2. The number of aliphatic imine (C=N–C) groups is 2. The first kappa shape index (κ1) is 22.4. The number of carbonyl (C=O) groups is 1. The molecule has 4 rings (SSSR count). The molecule has 1 unspecified atom stereocenters. The number of nitrogens with zero attached hydrogens (tertiary/aromatic N) is 3. The highest BCUT2D eigenvalue weighted by Crippen LogP contribution is 2.24. The lowest BCUT2D eigenvalue weighted by Gasteiger charge is -2.09. The van der Waals surface area contributed by atoms with Gasteiger partial charge in [-0.05, 0) is 18.2 Å². The van der Waals surface area contributed by atoms with Crippen LogP contribution in [0.2, 0.25) is 0 Å². The van der Waals surface area contributed by atoms with E-state index in [0.29, 0.717) is 17.0 Å². The Bertz CT molecular complexity index is 1140. The topological polar surface area (TPSA) is 126 Å². The van der Waals surface area contributed by atoms with Gasteiger partial charge >= 0.3 is 0 Å². The Morgan fingerprint density at radius 2 is 1.78 bits per heavy atom. The molecule has 0 radical (unpaired) electrons. The minimum Gasteiger partial charge on any atom is -0.407 e. The van der Waals surface area contributed by atoms with Crippen LogP contribution in [0.3, 0.4) is 0 Å². The van der Waals surface area contributed by atoms with Gasteiger partial charge in [-0.2, -0.15) is 4.99 Å². The van der Waals surface area contributed by atoms with Crippen LogP contribution in [-0.4, -0.2) is 34.7 Å². The second-order valence-electron chi connectivity index (χ2n) is 6.39. The van der Waals surface area contributed by atoms with Crippen molar-refractivity contribution >= 4 is 29.2 Å². The van der Waals surface area contributed by atoms with E-state index in [1.54, 1.807) is 24.4 Å². The second-order valence-corrected chi connectivity index (χ2v) is 6.39. The Morgan fingerprint density at radius 1 is 1.06 bits per heavy atom. The van der Waals surface area contributed by atoms with Gasteiger partial charge in [-0.15, -0.1) is 0 Å². The van der Waals surface area contributed by atoms with Crippen molar-refractivity contribution < 1.29 is 9.53 Å². The quantitative estimate of drug-likeness (QED) is 0.435. The Hall–Kier alpha value is -4.33. The second kappa shape index (κ2) is 10.6. The lowest BCUT2D eigenvalue weighted by atomic mass is 10.0. The van der Waals surface area contributed by atoms with E-state index in [4.69, 9.17) is 15.9 Å². The summed E-state index contributed by atoms with van der Waals surface area (Å²) in [7, 11) is 0. The molecule has 162 valence electrons. The lowest BCUT2D eigenvalue weighted by Crippen LogP contribution is -2.29. The fourth-order valence-electron chi connectivity index (χ4n) is 2.97. The van der Waals surface area contributed by atoms with Crippen molar-refractivity contribution in [2.45, 2.75) is 20.0 Å². The van der Waals surface area contributed by atoms with E-state index >= 15 is 0 Å². The molecule has 0 bridgehead atoms. The van der Waals surface area contributed by atoms with Gasteiger partial charge in [0.1, 0.15) is 0 Å². The van der Waals surface area contributed by atoms with E-state index in [2.05, 4.69) is 20.3 Å². The zero-order valence-corrected chi connectivity index (χ0v) is 17.8. The van der Waals surface area contributed by atoms with Crippen molar-refractivity contribution in [3.05, 3.63) is 95.8 Å². The van der Waals surface area contributed by atoms with Gasteiger partial charge in [0.2, 0.25) is 12.1 Å². The number of carbonyl (C=O) groups excluding carboxylic acids is 1. The van der Waals surface area contributed by atoms with Crippen LogP contribution in [0.5, 0.6) is 0 Å². The predicted molar refractivity (Wildman–Crippen MR) is 126 cm³/mol. The molecule has 32 heavy (non-hydrogen) atoms. The van der Waals surface area contributed by atoms with E-state index in [9.17, 15) is 4.79 Å². The van der Waals surface area contributed by atoms with Gasteiger partial charge in [0.25, 0.3) is 11.9 Å². The normalized spacial score (nSPS) is 15.2. The maximum atomic E-state index is 12.7. The number of amides is 1. The van der Waals surface area contributed by atoms with Crippen LogP contribution in [0.25, 0.3) is 0 Å². The van der Waals surface area contributed by atoms with Crippen molar-refractivity contribution in [3.8, 4) is 0 Å². The largest absolute Gasteiger partial charge is 0.407 e. The number of rotatable bonds is 3. The maximum Gasteiger partial charge on any atom is 0.291 e. The standard InChI is InChI=1S/C22H18N6O2.C2H6/c23-19(15-9-6-12-25-13-15)30-22(24)28-20-21(29)26-17-11-5-4-10-16(17)18(27-20)14-7-2-1-3-8-14;1-2/h1-13,20,23H,(H2,24,28)(H,26,29);1-2H3. The van der Waals surface area contributed by atoms with Crippen LogP contribution in [0.15, 0.2) is 89.1 Å². The molecule has 2 aromatic carbocycles. The molecule has 2 heterocycles. The Morgan fingerprint density at radius 3 is 2.50 bits per heavy atom. The number of benzodiazepines with no additional fused rings is 1. The molecular weight excluding hydrogens is 404 g/mol. The summed E-state index contributed by atoms with van der Waals surface area (Å²) in [5.74, 6) is -0.679. The average molecular weight is 428 g/mol.